The quantitative estimate of drug-likeness (QED) is 0.734. The monoisotopic (exact) mass is 308 g/mol. The van der Waals surface area contributed by atoms with Crippen molar-refractivity contribution in [2.24, 2.45) is 0 Å². The maximum absolute atomic E-state index is 12.1. The highest BCUT2D eigenvalue weighted by atomic mass is 16.2. The van der Waals surface area contributed by atoms with Gasteiger partial charge in [0.05, 0.1) is 6.07 Å². The number of hydrogen-bond donors (Lipinski definition) is 3. The van der Waals surface area contributed by atoms with Crippen LogP contribution in [0.2, 0.25) is 0 Å². The first-order valence-electron chi connectivity index (χ1n) is 6.98. The van der Waals surface area contributed by atoms with E-state index in [0.29, 0.717) is 23.5 Å². The van der Waals surface area contributed by atoms with Gasteiger partial charge in [0.25, 0.3) is 5.91 Å². The topological polar surface area (TPSA) is 108 Å². The molecule has 6 heteroatoms. The van der Waals surface area contributed by atoms with E-state index in [1.807, 2.05) is 0 Å². The third-order valence-electron chi connectivity index (χ3n) is 3.11. The molecule has 0 aliphatic rings. The molecule has 0 heterocycles. The number of nitrogens with two attached hydrogens (primary N) is 1. The number of anilines is 2. The van der Waals surface area contributed by atoms with Gasteiger partial charge in [-0.05, 0) is 42.0 Å². The van der Waals surface area contributed by atoms with E-state index >= 15 is 0 Å². The molecule has 0 radical (unpaired) electrons. The maximum atomic E-state index is 12.1. The normalized spacial score (nSPS) is 9.70. The van der Waals surface area contributed by atoms with Crippen molar-refractivity contribution in [2.45, 2.75) is 13.0 Å². The largest absolute Gasteiger partial charge is 0.399 e. The number of nitrogens with one attached hydrogen (secondary N) is 2. The Labute approximate surface area is 133 Å². The number of nitrogen functional groups attached to an aromatic ring is 1. The van der Waals surface area contributed by atoms with Crippen LogP contribution in [0.15, 0.2) is 48.5 Å². The van der Waals surface area contributed by atoms with E-state index in [1.165, 1.54) is 0 Å². The number of nitrogens with zero attached hydrogens (tertiary/aromatic N) is 1. The molecule has 0 bridgehead atoms. The second-order valence-electron chi connectivity index (χ2n) is 4.88. The molecule has 2 rings (SSSR count). The van der Waals surface area contributed by atoms with Crippen LogP contribution in [0.4, 0.5) is 11.4 Å². The Morgan fingerprint density at radius 3 is 2.30 bits per heavy atom. The summed E-state index contributed by atoms with van der Waals surface area (Å²) in [7, 11) is 0. The predicted octanol–water partition coefficient (Wildman–Crippen LogP) is 2.05. The number of amides is 2. The molecule has 0 aromatic heterocycles. The third kappa shape index (κ3) is 4.86. The molecular weight excluding hydrogens is 292 g/mol. The van der Waals surface area contributed by atoms with Gasteiger partial charge in [-0.15, -0.1) is 0 Å². The van der Waals surface area contributed by atoms with Crippen LogP contribution in [-0.4, -0.2) is 11.8 Å². The summed E-state index contributed by atoms with van der Waals surface area (Å²) in [5.74, 6) is -0.534. The number of carbonyl (C=O) groups is 2. The second kappa shape index (κ2) is 7.61. The minimum absolute atomic E-state index is 0.157. The van der Waals surface area contributed by atoms with Crippen molar-refractivity contribution in [3.8, 4) is 6.07 Å². The van der Waals surface area contributed by atoms with E-state index < -0.39 is 0 Å². The van der Waals surface area contributed by atoms with Gasteiger partial charge in [0.2, 0.25) is 5.91 Å². The standard InChI is InChI=1S/C17H16N4O2/c18-10-9-16(22)20-11-12-1-7-15(8-2-12)21-17(23)13-3-5-14(19)6-4-13/h1-8H,9,11,19H2,(H,20,22)(H,21,23). The van der Waals surface area contributed by atoms with Crippen LogP contribution in [0.25, 0.3) is 0 Å². The Kier molecular flexibility index (Phi) is 5.31. The van der Waals surface area contributed by atoms with Crippen LogP contribution in [0.1, 0.15) is 22.3 Å². The third-order valence-corrected chi connectivity index (χ3v) is 3.11. The summed E-state index contributed by atoms with van der Waals surface area (Å²) in [6, 6.07) is 15.5. The fourth-order valence-corrected chi connectivity index (χ4v) is 1.88. The summed E-state index contributed by atoms with van der Waals surface area (Å²) in [6.07, 6.45) is -0.157. The minimum Gasteiger partial charge on any atom is -0.399 e. The van der Waals surface area contributed by atoms with Crippen LogP contribution in [0, 0.1) is 11.3 Å². The van der Waals surface area contributed by atoms with Crippen LogP contribution < -0.4 is 16.4 Å². The van der Waals surface area contributed by atoms with Gasteiger partial charge < -0.3 is 16.4 Å². The molecule has 0 fully saturated rings. The zero-order valence-electron chi connectivity index (χ0n) is 12.4. The average Bonchev–Trinajstić information content (AvgIpc) is 2.55. The molecule has 2 aromatic carbocycles. The van der Waals surface area contributed by atoms with Crippen LogP contribution in [-0.2, 0) is 11.3 Å². The highest BCUT2D eigenvalue weighted by molar-refractivity contribution is 6.04. The molecule has 2 aromatic rings. The molecule has 6 nitrogen and oxygen atoms in total. The molecule has 0 unspecified atom stereocenters. The van der Waals surface area contributed by atoms with Crippen molar-refractivity contribution >= 4 is 23.2 Å². The number of hydrogen-bond acceptors (Lipinski definition) is 4. The molecule has 0 atom stereocenters. The van der Waals surface area contributed by atoms with Crippen LogP contribution >= 0.6 is 0 Å². The average molecular weight is 308 g/mol. The maximum Gasteiger partial charge on any atom is 0.255 e. The number of benzene rings is 2. The summed E-state index contributed by atoms with van der Waals surface area (Å²) in [5.41, 5.74) is 8.24. The Balaban J connectivity index is 1.92. The SMILES string of the molecule is N#CCC(=O)NCc1ccc(NC(=O)c2ccc(N)cc2)cc1. The molecule has 116 valence electrons. The Bertz CT molecular complexity index is 731. The summed E-state index contributed by atoms with van der Waals surface area (Å²) in [4.78, 5) is 23.3. The second-order valence-corrected chi connectivity index (χ2v) is 4.88. The fraction of sp³-hybridized carbons (Fsp3) is 0.118. The van der Waals surface area contributed by atoms with Crippen molar-refractivity contribution in [3.63, 3.8) is 0 Å². The number of rotatable bonds is 5. The lowest BCUT2D eigenvalue weighted by Gasteiger charge is -2.07. The van der Waals surface area contributed by atoms with E-state index in [0.717, 1.165) is 5.56 Å². The van der Waals surface area contributed by atoms with Gasteiger partial charge in [-0.1, -0.05) is 12.1 Å². The lowest BCUT2D eigenvalue weighted by molar-refractivity contribution is -0.120. The Morgan fingerprint density at radius 1 is 1.04 bits per heavy atom. The van der Waals surface area contributed by atoms with Crippen molar-refractivity contribution < 1.29 is 9.59 Å². The molecule has 0 spiro atoms. The van der Waals surface area contributed by atoms with Gasteiger partial charge in [0.1, 0.15) is 6.42 Å². The molecule has 23 heavy (non-hydrogen) atoms. The van der Waals surface area contributed by atoms with Gasteiger partial charge in [0, 0.05) is 23.5 Å². The molecule has 0 saturated heterocycles. The van der Waals surface area contributed by atoms with E-state index in [4.69, 9.17) is 11.0 Å². The first-order valence-corrected chi connectivity index (χ1v) is 6.98. The van der Waals surface area contributed by atoms with Crippen LogP contribution in [0.3, 0.4) is 0 Å². The summed E-state index contributed by atoms with van der Waals surface area (Å²) in [5, 5.41) is 13.8. The lowest BCUT2D eigenvalue weighted by atomic mass is 10.1. The highest BCUT2D eigenvalue weighted by Crippen LogP contribution is 2.12. The van der Waals surface area contributed by atoms with Crippen molar-refractivity contribution in [1.29, 1.82) is 5.26 Å². The summed E-state index contributed by atoms with van der Waals surface area (Å²) in [6.45, 7) is 0.340. The first kappa shape index (κ1) is 16.0. The minimum atomic E-state index is -0.312. The Morgan fingerprint density at radius 2 is 1.70 bits per heavy atom. The lowest BCUT2D eigenvalue weighted by Crippen LogP contribution is -2.21. The highest BCUT2D eigenvalue weighted by Gasteiger charge is 2.06. The first-order chi connectivity index (χ1) is 11.1. The smallest absolute Gasteiger partial charge is 0.255 e. The van der Waals surface area contributed by atoms with Gasteiger partial charge in [-0.25, -0.2) is 0 Å². The van der Waals surface area contributed by atoms with E-state index in [2.05, 4.69) is 10.6 Å². The van der Waals surface area contributed by atoms with Gasteiger partial charge in [0.15, 0.2) is 0 Å². The van der Waals surface area contributed by atoms with Crippen molar-refractivity contribution in [1.82, 2.24) is 5.32 Å². The molecule has 0 aliphatic carbocycles. The van der Waals surface area contributed by atoms with E-state index in [9.17, 15) is 9.59 Å². The van der Waals surface area contributed by atoms with Gasteiger partial charge in [-0.3, -0.25) is 9.59 Å². The summed E-state index contributed by atoms with van der Waals surface area (Å²) < 4.78 is 0. The molecule has 2 amide bonds. The molecule has 0 aliphatic heterocycles. The van der Waals surface area contributed by atoms with Crippen molar-refractivity contribution in [2.75, 3.05) is 11.1 Å². The number of carbonyl (C=O) groups excluding carboxylic acids is 2. The van der Waals surface area contributed by atoms with E-state index in [1.54, 1.807) is 54.6 Å². The Hall–Kier alpha value is -3.33. The molecular formula is C17H16N4O2. The summed E-state index contributed by atoms with van der Waals surface area (Å²) >= 11 is 0. The molecule has 0 saturated carbocycles. The van der Waals surface area contributed by atoms with Gasteiger partial charge in [-0.2, -0.15) is 5.26 Å². The fourth-order valence-electron chi connectivity index (χ4n) is 1.88. The number of nitriles is 1. The zero-order valence-corrected chi connectivity index (χ0v) is 12.4. The van der Waals surface area contributed by atoms with Gasteiger partial charge >= 0.3 is 0 Å². The predicted molar refractivity (Wildman–Crippen MR) is 87.3 cm³/mol. The zero-order chi connectivity index (χ0) is 16.7. The molecule has 4 N–H and O–H groups in total. The van der Waals surface area contributed by atoms with Crippen LogP contribution in [0.5, 0.6) is 0 Å². The van der Waals surface area contributed by atoms with E-state index in [-0.39, 0.29) is 18.2 Å². The van der Waals surface area contributed by atoms with Crippen molar-refractivity contribution in [3.05, 3.63) is 59.7 Å².